The summed E-state index contributed by atoms with van der Waals surface area (Å²) in [6.45, 7) is 3.03. The largest absolute Gasteiger partial charge is 0.495 e. The first-order chi connectivity index (χ1) is 9.12. The van der Waals surface area contributed by atoms with E-state index < -0.39 is 0 Å². The third-order valence-corrected chi connectivity index (χ3v) is 2.81. The molecule has 1 amide bonds. The molecule has 0 aliphatic carbocycles. The van der Waals surface area contributed by atoms with E-state index in [-0.39, 0.29) is 5.91 Å². The third-order valence-electron chi connectivity index (χ3n) is 2.52. The topological polar surface area (TPSA) is 59.6 Å². The summed E-state index contributed by atoms with van der Waals surface area (Å²) in [7, 11) is 3.11. The Hall–Kier alpha value is -1.62. The van der Waals surface area contributed by atoms with Gasteiger partial charge in [-0.1, -0.05) is 11.6 Å². The summed E-state index contributed by atoms with van der Waals surface area (Å²) < 4.78 is 10.4. The highest BCUT2D eigenvalue weighted by atomic mass is 35.5. The Balaban J connectivity index is 2.67. The molecular formula is C13H19ClN2O3. The Morgan fingerprint density at radius 3 is 2.53 bits per heavy atom. The van der Waals surface area contributed by atoms with Crippen LogP contribution in [0.2, 0.25) is 5.02 Å². The van der Waals surface area contributed by atoms with E-state index in [9.17, 15) is 4.79 Å². The van der Waals surface area contributed by atoms with E-state index in [1.54, 1.807) is 26.4 Å². The number of rotatable bonds is 7. The maximum atomic E-state index is 11.3. The van der Waals surface area contributed by atoms with E-state index in [1.165, 1.54) is 0 Å². The Morgan fingerprint density at radius 1 is 1.26 bits per heavy atom. The Bertz CT molecular complexity index is 438. The zero-order valence-corrected chi connectivity index (χ0v) is 12.1. The van der Waals surface area contributed by atoms with Crippen LogP contribution in [-0.2, 0) is 4.79 Å². The number of benzene rings is 1. The lowest BCUT2D eigenvalue weighted by Crippen LogP contribution is -2.24. The van der Waals surface area contributed by atoms with Crippen molar-refractivity contribution in [3.8, 4) is 11.5 Å². The van der Waals surface area contributed by atoms with Gasteiger partial charge in [0.1, 0.15) is 11.5 Å². The molecule has 1 rings (SSSR count). The predicted octanol–water partition coefficient (Wildman–Crippen LogP) is 2.30. The molecule has 0 unspecified atom stereocenters. The number of hydrogen-bond donors (Lipinski definition) is 2. The lowest BCUT2D eigenvalue weighted by Gasteiger charge is -2.13. The van der Waals surface area contributed by atoms with Gasteiger partial charge >= 0.3 is 0 Å². The number of hydrogen-bond acceptors (Lipinski definition) is 4. The van der Waals surface area contributed by atoms with E-state index in [1.807, 2.05) is 6.92 Å². The van der Waals surface area contributed by atoms with Crippen LogP contribution in [0.25, 0.3) is 0 Å². The van der Waals surface area contributed by atoms with Crippen LogP contribution >= 0.6 is 11.6 Å². The molecule has 1 aromatic rings. The van der Waals surface area contributed by atoms with E-state index in [0.717, 1.165) is 5.69 Å². The molecule has 0 spiro atoms. The number of ether oxygens (including phenoxy) is 2. The minimum absolute atomic E-state index is 0.00794. The van der Waals surface area contributed by atoms with Crippen LogP contribution in [-0.4, -0.2) is 33.2 Å². The molecule has 1 aromatic carbocycles. The Morgan fingerprint density at radius 2 is 1.95 bits per heavy atom. The number of carbonyl (C=O) groups is 1. The second-order valence-electron chi connectivity index (χ2n) is 3.82. The van der Waals surface area contributed by atoms with E-state index in [0.29, 0.717) is 36.0 Å². The van der Waals surface area contributed by atoms with Crippen molar-refractivity contribution >= 4 is 23.2 Å². The van der Waals surface area contributed by atoms with Crippen molar-refractivity contribution in [1.29, 1.82) is 0 Å². The van der Waals surface area contributed by atoms with Crippen LogP contribution in [0.5, 0.6) is 11.5 Å². The number of nitrogens with one attached hydrogen (secondary N) is 2. The molecule has 0 saturated heterocycles. The highest BCUT2D eigenvalue weighted by Gasteiger charge is 2.10. The molecule has 0 heterocycles. The van der Waals surface area contributed by atoms with Gasteiger partial charge in [-0.2, -0.15) is 0 Å². The fourth-order valence-corrected chi connectivity index (χ4v) is 1.84. The number of anilines is 1. The van der Waals surface area contributed by atoms with Gasteiger partial charge in [0.25, 0.3) is 0 Å². The SMILES string of the molecule is CCNC(=O)CCNc1cc(Cl)c(OC)cc1OC. The fraction of sp³-hybridized carbons (Fsp3) is 0.462. The zero-order valence-electron chi connectivity index (χ0n) is 11.4. The second kappa shape index (κ2) is 7.74. The first-order valence-corrected chi connectivity index (χ1v) is 6.42. The minimum atomic E-state index is 0.00794. The molecule has 5 nitrogen and oxygen atoms in total. The van der Waals surface area contributed by atoms with Crippen LogP contribution in [0.15, 0.2) is 12.1 Å². The summed E-state index contributed by atoms with van der Waals surface area (Å²) in [5, 5.41) is 6.34. The standard InChI is InChI=1S/C13H19ClN2O3/c1-4-15-13(17)5-6-16-10-7-9(14)11(18-2)8-12(10)19-3/h7-8,16H,4-6H2,1-3H3,(H,15,17). The van der Waals surface area contributed by atoms with Gasteiger partial charge in [0, 0.05) is 25.6 Å². The van der Waals surface area contributed by atoms with Crippen LogP contribution in [0.3, 0.4) is 0 Å². The van der Waals surface area contributed by atoms with Gasteiger partial charge in [0.15, 0.2) is 0 Å². The van der Waals surface area contributed by atoms with Crippen molar-refractivity contribution in [3.63, 3.8) is 0 Å². The maximum Gasteiger partial charge on any atom is 0.221 e. The number of methoxy groups -OCH3 is 2. The molecule has 0 fully saturated rings. The average Bonchev–Trinajstić information content (AvgIpc) is 2.39. The molecule has 0 saturated carbocycles. The van der Waals surface area contributed by atoms with Crippen molar-refractivity contribution in [1.82, 2.24) is 5.32 Å². The lowest BCUT2D eigenvalue weighted by molar-refractivity contribution is -0.120. The molecule has 0 radical (unpaired) electrons. The molecule has 0 aliphatic rings. The van der Waals surface area contributed by atoms with Crippen LogP contribution in [0.1, 0.15) is 13.3 Å². The maximum absolute atomic E-state index is 11.3. The van der Waals surface area contributed by atoms with Gasteiger partial charge in [-0.15, -0.1) is 0 Å². The molecule has 19 heavy (non-hydrogen) atoms. The van der Waals surface area contributed by atoms with Crippen molar-refractivity contribution in [2.75, 3.05) is 32.6 Å². The Labute approximate surface area is 118 Å². The molecule has 0 bridgehead atoms. The summed E-state index contributed by atoms with van der Waals surface area (Å²) in [6, 6.07) is 3.42. The third kappa shape index (κ3) is 4.52. The Kier molecular flexibility index (Phi) is 6.29. The first-order valence-electron chi connectivity index (χ1n) is 6.04. The average molecular weight is 287 g/mol. The molecule has 0 atom stereocenters. The van der Waals surface area contributed by atoms with Crippen molar-refractivity contribution in [2.24, 2.45) is 0 Å². The summed E-state index contributed by atoms with van der Waals surface area (Å²) in [4.78, 5) is 11.3. The minimum Gasteiger partial charge on any atom is -0.495 e. The van der Waals surface area contributed by atoms with E-state index in [4.69, 9.17) is 21.1 Å². The summed E-state index contributed by atoms with van der Waals surface area (Å²) in [5.41, 5.74) is 0.734. The molecule has 6 heteroatoms. The number of carbonyl (C=O) groups excluding carboxylic acids is 1. The number of amides is 1. The van der Waals surface area contributed by atoms with Gasteiger partial charge in [-0.3, -0.25) is 4.79 Å². The van der Waals surface area contributed by atoms with Gasteiger partial charge in [0.2, 0.25) is 5.91 Å². The lowest BCUT2D eigenvalue weighted by atomic mass is 10.2. The highest BCUT2D eigenvalue weighted by molar-refractivity contribution is 6.32. The second-order valence-corrected chi connectivity index (χ2v) is 4.22. The summed E-state index contributed by atoms with van der Waals surface area (Å²) in [6.07, 6.45) is 0.390. The molecular weight excluding hydrogens is 268 g/mol. The van der Waals surface area contributed by atoms with Crippen molar-refractivity contribution in [2.45, 2.75) is 13.3 Å². The van der Waals surface area contributed by atoms with Gasteiger partial charge in [-0.25, -0.2) is 0 Å². The van der Waals surface area contributed by atoms with E-state index >= 15 is 0 Å². The summed E-state index contributed by atoms with van der Waals surface area (Å²) >= 11 is 6.05. The molecule has 0 aliphatic heterocycles. The molecule has 106 valence electrons. The smallest absolute Gasteiger partial charge is 0.221 e. The van der Waals surface area contributed by atoms with E-state index in [2.05, 4.69) is 10.6 Å². The predicted molar refractivity (Wildman–Crippen MR) is 76.3 cm³/mol. The van der Waals surface area contributed by atoms with Crippen LogP contribution < -0.4 is 20.1 Å². The summed E-state index contributed by atoms with van der Waals surface area (Å²) in [5.74, 6) is 1.18. The normalized spacial score (nSPS) is 9.89. The number of halogens is 1. The van der Waals surface area contributed by atoms with Gasteiger partial charge in [-0.05, 0) is 13.0 Å². The first kappa shape index (κ1) is 15.4. The fourth-order valence-electron chi connectivity index (χ4n) is 1.59. The van der Waals surface area contributed by atoms with Crippen LogP contribution in [0.4, 0.5) is 5.69 Å². The van der Waals surface area contributed by atoms with Gasteiger partial charge < -0.3 is 20.1 Å². The molecule has 0 aromatic heterocycles. The van der Waals surface area contributed by atoms with Crippen molar-refractivity contribution < 1.29 is 14.3 Å². The molecule has 2 N–H and O–H groups in total. The highest BCUT2D eigenvalue weighted by Crippen LogP contribution is 2.35. The van der Waals surface area contributed by atoms with Crippen molar-refractivity contribution in [3.05, 3.63) is 17.2 Å². The monoisotopic (exact) mass is 286 g/mol. The zero-order chi connectivity index (χ0) is 14.3. The quantitative estimate of drug-likeness (QED) is 0.807. The van der Waals surface area contributed by atoms with Gasteiger partial charge in [0.05, 0.1) is 24.9 Å². The van der Waals surface area contributed by atoms with Crippen LogP contribution in [0, 0.1) is 0 Å².